The fourth-order valence-electron chi connectivity index (χ4n) is 0.767. The zero-order valence-corrected chi connectivity index (χ0v) is 6.82. The Kier molecular flexibility index (Phi) is 3.41. The first-order chi connectivity index (χ1) is 5.83. The fourth-order valence-corrected chi connectivity index (χ4v) is 0.767. The minimum atomic E-state index is -0.385. The Labute approximate surface area is 72.4 Å². The van der Waals surface area contributed by atoms with Crippen molar-refractivity contribution in [2.75, 3.05) is 0 Å². The number of carbonyl (C=O) groups is 1. The Morgan fingerprint density at radius 1 is 1.33 bits per heavy atom. The van der Waals surface area contributed by atoms with Crippen LogP contribution in [0.25, 0.3) is 0 Å². The molecule has 0 saturated heterocycles. The van der Waals surface area contributed by atoms with Crippen LogP contribution in [0.5, 0.6) is 5.75 Å². The molecule has 1 aromatic rings. The molecule has 0 aromatic heterocycles. The summed E-state index contributed by atoms with van der Waals surface area (Å²) in [5.41, 5.74) is 0. The zero-order chi connectivity index (χ0) is 8.81. The number of carbonyl (C=O) groups excluding carboxylic acids is 1. The minimum absolute atomic E-state index is 0.0190. The third kappa shape index (κ3) is 2.80. The average Bonchev–Trinajstić information content (AvgIpc) is 2.06. The number of ether oxygens (including phenoxy) is 1. The molecular weight excluding hydrogens is 154 g/mol. The molecule has 0 spiro atoms. The highest BCUT2D eigenvalue weighted by Crippen LogP contribution is 2.08. The molecule has 0 aliphatic heterocycles. The molecule has 60 valence electrons. The summed E-state index contributed by atoms with van der Waals surface area (Å²) in [5, 5.41) is 0. The van der Waals surface area contributed by atoms with Crippen molar-refractivity contribution < 1.29 is 14.1 Å². The molecule has 0 aliphatic carbocycles. The molecule has 0 atom stereocenters. The summed E-state index contributed by atoms with van der Waals surface area (Å²) in [5.74, 6) is 0.156. The first-order valence-corrected chi connectivity index (χ1v) is 3.57. The van der Waals surface area contributed by atoms with Crippen LogP contribution in [0.4, 0.5) is 4.79 Å². The van der Waals surface area contributed by atoms with E-state index in [-0.39, 0.29) is 13.4 Å². The number of para-hydroxylation sites is 1. The van der Waals surface area contributed by atoms with E-state index in [0.717, 1.165) is 0 Å². The SMILES string of the molecule is BOBC(=O)Oc1ccccc1. The number of benzene rings is 1. The standard InChI is InChI=1S/C7H8B2O3/c8-12-9-7(10)11-6-4-2-1-3-5-6/h1-5,9H,8H2. The van der Waals surface area contributed by atoms with Gasteiger partial charge in [0.2, 0.25) is 8.05 Å². The summed E-state index contributed by atoms with van der Waals surface area (Å²) in [4.78, 5) is 10.9. The van der Waals surface area contributed by atoms with Gasteiger partial charge in [0.05, 0.1) is 0 Å². The summed E-state index contributed by atoms with van der Waals surface area (Å²) in [6, 6.07) is 8.89. The summed E-state index contributed by atoms with van der Waals surface area (Å²) in [6.07, 6.45) is 0. The quantitative estimate of drug-likeness (QED) is 0.591. The maximum absolute atomic E-state index is 10.9. The lowest BCUT2D eigenvalue weighted by Gasteiger charge is -2.01. The van der Waals surface area contributed by atoms with Crippen LogP contribution >= 0.6 is 0 Å². The second kappa shape index (κ2) is 4.62. The van der Waals surface area contributed by atoms with Crippen LogP contribution < -0.4 is 4.74 Å². The van der Waals surface area contributed by atoms with Crippen LogP contribution in [0.1, 0.15) is 0 Å². The molecule has 0 bridgehead atoms. The van der Waals surface area contributed by atoms with Crippen molar-refractivity contribution in [3.05, 3.63) is 30.3 Å². The van der Waals surface area contributed by atoms with Crippen molar-refractivity contribution in [2.45, 2.75) is 0 Å². The molecule has 12 heavy (non-hydrogen) atoms. The van der Waals surface area contributed by atoms with Gasteiger partial charge in [-0.1, -0.05) is 18.2 Å². The van der Waals surface area contributed by atoms with Crippen molar-refractivity contribution in [1.82, 2.24) is 0 Å². The lowest BCUT2D eigenvalue weighted by Crippen LogP contribution is -2.16. The van der Waals surface area contributed by atoms with E-state index in [2.05, 4.69) is 4.57 Å². The van der Waals surface area contributed by atoms with Crippen molar-refractivity contribution in [3.63, 3.8) is 0 Å². The molecule has 1 rings (SSSR count). The van der Waals surface area contributed by atoms with Crippen molar-refractivity contribution in [1.29, 1.82) is 0 Å². The smallest absolute Gasteiger partial charge is 0.392 e. The summed E-state index contributed by atoms with van der Waals surface area (Å²) in [6.45, 7) is 0. The van der Waals surface area contributed by atoms with Gasteiger partial charge >= 0.3 is 7.48 Å². The Morgan fingerprint density at radius 2 is 2.00 bits per heavy atom. The summed E-state index contributed by atoms with van der Waals surface area (Å²) in [7, 11) is 1.43. The topological polar surface area (TPSA) is 35.5 Å². The Hall–Kier alpha value is -1.22. The molecule has 1 aromatic carbocycles. The Morgan fingerprint density at radius 3 is 2.58 bits per heavy atom. The highest BCUT2D eigenvalue weighted by Gasteiger charge is 2.04. The van der Waals surface area contributed by atoms with Gasteiger partial charge in [0.15, 0.2) is 0 Å². The van der Waals surface area contributed by atoms with Gasteiger partial charge in [-0.2, -0.15) is 0 Å². The van der Waals surface area contributed by atoms with Crippen LogP contribution in [0.15, 0.2) is 30.3 Å². The molecule has 0 unspecified atom stereocenters. The fraction of sp³-hybridized carbons (Fsp3) is 0. The Bertz CT molecular complexity index is 250. The predicted octanol–water partition coefficient (Wildman–Crippen LogP) is 0.102. The van der Waals surface area contributed by atoms with Crippen LogP contribution in [0.3, 0.4) is 0 Å². The number of hydrogen-bond acceptors (Lipinski definition) is 3. The van der Waals surface area contributed by atoms with E-state index >= 15 is 0 Å². The van der Waals surface area contributed by atoms with E-state index < -0.39 is 0 Å². The summed E-state index contributed by atoms with van der Waals surface area (Å²) >= 11 is 0. The summed E-state index contributed by atoms with van der Waals surface area (Å²) < 4.78 is 9.49. The molecular formula is C7H8B2O3. The molecule has 0 amide bonds. The molecule has 0 heterocycles. The average molecular weight is 162 g/mol. The molecule has 0 fully saturated rings. The number of hydrogen-bond donors (Lipinski definition) is 0. The molecule has 0 N–H and O–H groups in total. The highest BCUT2D eigenvalue weighted by atomic mass is 16.5. The van der Waals surface area contributed by atoms with Gasteiger partial charge in [0.25, 0.3) is 5.87 Å². The van der Waals surface area contributed by atoms with E-state index in [9.17, 15) is 4.79 Å². The molecule has 0 saturated carbocycles. The minimum Gasteiger partial charge on any atom is -0.498 e. The van der Waals surface area contributed by atoms with E-state index in [1.54, 1.807) is 24.3 Å². The van der Waals surface area contributed by atoms with Gasteiger partial charge in [-0.05, 0) is 12.1 Å². The molecule has 0 aliphatic rings. The van der Waals surface area contributed by atoms with Crippen molar-refractivity contribution in [2.24, 2.45) is 0 Å². The van der Waals surface area contributed by atoms with Gasteiger partial charge < -0.3 is 9.31 Å². The Balaban J connectivity index is 2.47. The third-order valence-electron chi connectivity index (χ3n) is 1.24. The maximum Gasteiger partial charge on any atom is 0.392 e. The largest absolute Gasteiger partial charge is 0.498 e. The van der Waals surface area contributed by atoms with Gasteiger partial charge in [-0.3, -0.25) is 4.79 Å². The second-order valence-electron chi connectivity index (χ2n) is 2.22. The molecule has 3 nitrogen and oxygen atoms in total. The van der Waals surface area contributed by atoms with Gasteiger partial charge in [0, 0.05) is 0 Å². The van der Waals surface area contributed by atoms with E-state index in [4.69, 9.17) is 4.74 Å². The highest BCUT2D eigenvalue weighted by molar-refractivity contribution is 6.69. The van der Waals surface area contributed by atoms with Gasteiger partial charge in [-0.15, -0.1) is 0 Å². The van der Waals surface area contributed by atoms with Crippen LogP contribution in [-0.4, -0.2) is 21.4 Å². The van der Waals surface area contributed by atoms with Gasteiger partial charge in [0.1, 0.15) is 5.75 Å². The molecule has 0 radical (unpaired) electrons. The predicted molar refractivity (Wildman–Crippen MR) is 49.2 cm³/mol. The number of rotatable bonds is 3. The zero-order valence-electron chi connectivity index (χ0n) is 6.82. The third-order valence-corrected chi connectivity index (χ3v) is 1.24. The maximum atomic E-state index is 10.9. The van der Waals surface area contributed by atoms with Crippen LogP contribution in [0, 0.1) is 0 Å². The lowest BCUT2D eigenvalue weighted by molar-refractivity contribution is 0.222. The van der Waals surface area contributed by atoms with Crippen LogP contribution in [0.2, 0.25) is 0 Å². The van der Waals surface area contributed by atoms with E-state index in [1.807, 2.05) is 6.07 Å². The second-order valence-corrected chi connectivity index (χ2v) is 2.22. The first kappa shape index (κ1) is 8.87. The lowest BCUT2D eigenvalue weighted by atomic mass is 10.0. The van der Waals surface area contributed by atoms with E-state index in [1.165, 1.54) is 8.05 Å². The monoisotopic (exact) mass is 162 g/mol. The first-order valence-electron chi connectivity index (χ1n) is 3.57. The van der Waals surface area contributed by atoms with Crippen molar-refractivity contribution in [3.8, 4) is 5.75 Å². The normalized spacial score (nSPS) is 9.00. The van der Waals surface area contributed by atoms with E-state index in [0.29, 0.717) is 5.75 Å². The van der Waals surface area contributed by atoms with Gasteiger partial charge in [-0.25, -0.2) is 0 Å². The van der Waals surface area contributed by atoms with Crippen molar-refractivity contribution >= 4 is 21.4 Å². The molecule has 5 heteroatoms. The van der Waals surface area contributed by atoms with Crippen LogP contribution in [-0.2, 0) is 4.57 Å².